The third kappa shape index (κ3) is 2.75. The van der Waals surface area contributed by atoms with Crippen LogP contribution < -0.4 is 14.8 Å². The summed E-state index contributed by atoms with van der Waals surface area (Å²) in [5, 5.41) is 3.43. The van der Waals surface area contributed by atoms with Gasteiger partial charge >= 0.3 is 0 Å². The molecule has 0 aromatic heterocycles. The molecule has 1 N–H and O–H groups in total. The fraction of sp³-hybridized carbons (Fsp3) is 0.538. The molecular formula is C13H18BrNO2. The van der Waals surface area contributed by atoms with Crippen LogP contribution in [0.25, 0.3) is 0 Å². The lowest BCUT2D eigenvalue weighted by Gasteiger charge is -2.25. The average Bonchev–Trinajstić information content (AvgIpc) is 2.39. The largest absolute Gasteiger partial charge is 0.496 e. The summed E-state index contributed by atoms with van der Waals surface area (Å²) >= 11 is 3.54. The molecule has 1 saturated heterocycles. The Morgan fingerprint density at radius 1 is 1.24 bits per heavy atom. The summed E-state index contributed by atoms with van der Waals surface area (Å²) in [4.78, 5) is 0. The Kier molecular flexibility index (Phi) is 4.29. The van der Waals surface area contributed by atoms with Crippen LogP contribution in [0.3, 0.4) is 0 Å². The first-order chi connectivity index (χ1) is 8.26. The molecule has 1 heterocycles. The van der Waals surface area contributed by atoms with E-state index >= 15 is 0 Å². The van der Waals surface area contributed by atoms with E-state index in [-0.39, 0.29) is 0 Å². The molecule has 1 atom stereocenters. The first-order valence-corrected chi connectivity index (χ1v) is 6.67. The fourth-order valence-electron chi connectivity index (χ4n) is 2.32. The number of nitrogens with one attached hydrogen (secondary N) is 1. The molecule has 0 bridgehead atoms. The number of benzene rings is 1. The molecule has 1 aromatic rings. The molecule has 94 valence electrons. The summed E-state index contributed by atoms with van der Waals surface area (Å²) in [5.74, 6) is 2.26. The molecule has 1 aromatic carbocycles. The van der Waals surface area contributed by atoms with Crippen molar-refractivity contribution in [3.8, 4) is 11.5 Å². The van der Waals surface area contributed by atoms with Gasteiger partial charge in [0.2, 0.25) is 0 Å². The molecule has 1 unspecified atom stereocenters. The van der Waals surface area contributed by atoms with E-state index in [1.54, 1.807) is 14.2 Å². The Labute approximate surface area is 111 Å². The van der Waals surface area contributed by atoms with Crippen molar-refractivity contribution in [2.24, 2.45) is 0 Å². The van der Waals surface area contributed by atoms with E-state index in [1.807, 2.05) is 6.07 Å². The monoisotopic (exact) mass is 299 g/mol. The average molecular weight is 300 g/mol. The Bertz CT molecular complexity index is 389. The summed E-state index contributed by atoms with van der Waals surface area (Å²) < 4.78 is 11.7. The van der Waals surface area contributed by atoms with Crippen LogP contribution in [0.2, 0.25) is 0 Å². The van der Waals surface area contributed by atoms with Crippen LogP contribution in [-0.2, 0) is 0 Å². The van der Waals surface area contributed by atoms with Gasteiger partial charge in [0.1, 0.15) is 11.5 Å². The number of halogens is 1. The summed E-state index contributed by atoms with van der Waals surface area (Å²) in [6.07, 6.45) is 2.43. The van der Waals surface area contributed by atoms with E-state index in [4.69, 9.17) is 9.47 Å². The van der Waals surface area contributed by atoms with Crippen LogP contribution in [0.15, 0.2) is 16.6 Å². The normalized spacial score (nSPS) is 20.1. The van der Waals surface area contributed by atoms with Crippen molar-refractivity contribution in [3.63, 3.8) is 0 Å². The predicted molar refractivity (Wildman–Crippen MR) is 72.1 cm³/mol. The second-order valence-electron chi connectivity index (χ2n) is 4.27. The highest BCUT2D eigenvalue weighted by Gasteiger charge is 2.20. The Balaban J connectivity index is 2.34. The molecule has 4 heteroatoms. The minimum Gasteiger partial charge on any atom is -0.496 e. The standard InChI is InChI=1S/C13H18BrNO2/c1-16-12-7-13(17-2)11(14)6-10(12)9-4-3-5-15-8-9/h6-7,9,15H,3-5,8H2,1-2H3. The number of methoxy groups -OCH3 is 2. The molecule has 0 amide bonds. The fourth-order valence-corrected chi connectivity index (χ4v) is 2.84. The van der Waals surface area contributed by atoms with Crippen LogP contribution in [-0.4, -0.2) is 27.3 Å². The van der Waals surface area contributed by atoms with E-state index in [0.29, 0.717) is 5.92 Å². The van der Waals surface area contributed by atoms with E-state index in [2.05, 4.69) is 27.3 Å². The van der Waals surface area contributed by atoms with Gasteiger partial charge in [-0.25, -0.2) is 0 Å². The summed E-state index contributed by atoms with van der Waals surface area (Å²) in [7, 11) is 3.38. The maximum absolute atomic E-state index is 5.47. The molecule has 0 radical (unpaired) electrons. The number of ether oxygens (including phenoxy) is 2. The highest BCUT2D eigenvalue weighted by Crippen LogP contribution is 2.38. The van der Waals surface area contributed by atoms with Gasteiger partial charge < -0.3 is 14.8 Å². The zero-order valence-corrected chi connectivity index (χ0v) is 11.8. The molecule has 2 rings (SSSR count). The lowest BCUT2D eigenvalue weighted by atomic mass is 9.91. The van der Waals surface area contributed by atoms with Crippen molar-refractivity contribution in [1.29, 1.82) is 0 Å². The van der Waals surface area contributed by atoms with Gasteiger partial charge in [0, 0.05) is 18.5 Å². The topological polar surface area (TPSA) is 30.5 Å². The molecule has 0 aliphatic carbocycles. The van der Waals surface area contributed by atoms with Crippen molar-refractivity contribution in [2.45, 2.75) is 18.8 Å². The molecule has 1 aliphatic heterocycles. The molecule has 1 fully saturated rings. The predicted octanol–water partition coefficient (Wildman–Crippen LogP) is 2.93. The zero-order chi connectivity index (χ0) is 12.3. The van der Waals surface area contributed by atoms with Gasteiger partial charge in [0.05, 0.1) is 18.7 Å². The molecule has 0 saturated carbocycles. The SMILES string of the molecule is COc1cc(OC)c(C2CCCNC2)cc1Br. The van der Waals surface area contributed by atoms with Crippen LogP contribution in [0.5, 0.6) is 11.5 Å². The Morgan fingerprint density at radius 3 is 2.59 bits per heavy atom. The van der Waals surface area contributed by atoms with Gasteiger partial charge in [0.15, 0.2) is 0 Å². The lowest BCUT2D eigenvalue weighted by molar-refractivity contribution is 0.379. The maximum atomic E-state index is 5.47. The number of hydrogen-bond acceptors (Lipinski definition) is 3. The minimum atomic E-state index is 0.529. The van der Waals surface area contributed by atoms with Gasteiger partial charge in [-0.2, -0.15) is 0 Å². The smallest absolute Gasteiger partial charge is 0.136 e. The van der Waals surface area contributed by atoms with E-state index in [9.17, 15) is 0 Å². The van der Waals surface area contributed by atoms with Crippen molar-refractivity contribution >= 4 is 15.9 Å². The van der Waals surface area contributed by atoms with Crippen LogP contribution in [0, 0.1) is 0 Å². The maximum Gasteiger partial charge on any atom is 0.136 e. The van der Waals surface area contributed by atoms with Crippen LogP contribution in [0.4, 0.5) is 0 Å². The first-order valence-electron chi connectivity index (χ1n) is 5.88. The Morgan fingerprint density at radius 2 is 2.00 bits per heavy atom. The molecule has 0 spiro atoms. The zero-order valence-electron chi connectivity index (χ0n) is 10.3. The van der Waals surface area contributed by atoms with Gasteiger partial charge in [-0.05, 0) is 46.9 Å². The number of hydrogen-bond donors (Lipinski definition) is 1. The lowest BCUT2D eigenvalue weighted by Crippen LogP contribution is -2.28. The highest BCUT2D eigenvalue weighted by molar-refractivity contribution is 9.10. The van der Waals surface area contributed by atoms with Crippen molar-refractivity contribution in [3.05, 3.63) is 22.2 Å². The number of piperidine rings is 1. The van der Waals surface area contributed by atoms with Crippen LogP contribution >= 0.6 is 15.9 Å². The second-order valence-corrected chi connectivity index (χ2v) is 5.13. The molecule has 17 heavy (non-hydrogen) atoms. The van der Waals surface area contributed by atoms with Gasteiger partial charge in [-0.3, -0.25) is 0 Å². The number of rotatable bonds is 3. The third-order valence-electron chi connectivity index (χ3n) is 3.24. The van der Waals surface area contributed by atoms with Gasteiger partial charge in [-0.15, -0.1) is 0 Å². The third-order valence-corrected chi connectivity index (χ3v) is 3.86. The summed E-state index contributed by atoms with van der Waals surface area (Å²) in [6, 6.07) is 4.07. The van der Waals surface area contributed by atoms with Crippen molar-refractivity contribution in [1.82, 2.24) is 5.32 Å². The highest BCUT2D eigenvalue weighted by atomic mass is 79.9. The van der Waals surface area contributed by atoms with E-state index < -0.39 is 0 Å². The van der Waals surface area contributed by atoms with E-state index in [0.717, 1.165) is 29.1 Å². The van der Waals surface area contributed by atoms with Gasteiger partial charge in [0.25, 0.3) is 0 Å². The summed E-state index contributed by atoms with van der Waals surface area (Å²) in [5.41, 5.74) is 1.26. The Hall–Kier alpha value is -0.740. The minimum absolute atomic E-state index is 0.529. The second kappa shape index (κ2) is 5.74. The quantitative estimate of drug-likeness (QED) is 0.931. The summed E-state index contributed by atoms with van der Waals surface area (Å²) in [6.45, 7) is 2.14. The molecule has 1 aliphatic rings. The van der Waals surface area contributed by atoms with Gasteiger partial charge in [-0.1, -0.05) is 0 Å². The van der Waals surface area contributed by atoms with Crippen molar-refractivity contribution < 1.29 is 9.47 Å². The molecule has 3 nitrogen and oxygen atoms in total. The van der Waals surface area contributed by atoms with E-state index in [1.165, 1.54) is 18.4 Å². The van der Waals surface area contributed by atoms with Crippen molar-refractivity contribution in [2.75, 3.05) is 27.3 Å². The first kappa shape index (κ1) is 12.7. The van der Waals surface area contributed by atoms with Crippen LogP contribution in [0.1, 0.15) is 24.3 Å². The molecular weight excluding hydrogens is 282 g/mol.